The van der Waals surface area contributed by atoms with Crippen LogP contribution < -0.4 is 14.9 Å². The third-order valence-electron chi connectivity index (χ3n) is 4.23. The molecule has 0 unspecified atom stereocenters. The molecule has 0 aliphatic carbocycles. The minimum Gasteiger partial charge on any atom is -0.326 e. The molecule has 0 radical (unpaired) electrons. The van der Waals surface area contributed by atoms with Crippen molar-refractivity contribution in [2.24, 2.45) is 5.92 Å². The van der Waals surface area contributed by atoms with Crippen LogP contribution in [0.1, 0.15) is 24.2 Å². The molecule has 1 saturated heterocycles. The zero-order chi connectivity index (χ0) is 21.3. The van der Waals surface area contributed by atoms with Crippen LogP contribution in [-0.4, -0.2) is 31.9 Å². The third kappa shape index (κ3) is 4.41. The number of carbonyl (C=O) groups excluding carboxylic acids is 3. The van der Waals surface area contributed by atoms with Crippen LogP contribution in [0.2, 0.25) is 5.02 Å². The number of sulfonamides is 1. The minimum atomic E-state index is -3.76. The summed E-state index contributed by atoms with van der Waals surface area (Å²) in [6.07, 6.45) is 0. The fraction of sp³-hybridized carbons (Fsp3) is 0.211. The number of amides is 3. The van der Waals surface area contributed by atoms with Gasteiger partial charge in [-0.1, -0.05) is 24.6 Å². The van der Waals surface area contributed by atoms with Gasteiger partial charge in [-0.15, -0.1) is 0 Å². The lowest BCUT2D eigenvalue weighted by Crippen LogP contribution is -2.30. The molecule has 1 atom stereocenters. The first-order valence-corrected chi connectivity index (χ1v) is 10.6. The fourth-order valence-electron chi connectivity index (χ4n) is 2.98. The Hall–Kier alpha value is -2.91. The van der Waals surface area contributed by atoms with E-state index in [1.807, 2.05) is 0 Å². The van der Waals surface area contributed by atoms with Crippen LogP contribution >= 0.6 is 11.6 Å². The van der Waals surface area contributed by atoms with Gasteiger partial charge in [-0.05, 0) is 36.4 Å². The lowest BCUT2D eigenvalue weighted by atomic mass is 10.1. The monoisotopic (exact) mass is 435 g/mol. The Morgan fingerprint density at radius 2 is 1.76 bits per heavy atom. The molecule has 0 saturated carbocycles. The van der Waals surface area contributed by atoms with Gasteiger partial charge >= 0.3 is 0 Å². The Labute approximate surface area is 172 Å². The predicted octanol–water partition coefficient (Wildman–Crippen LogP) is 2.86. The number of anilines is 3. The lowest BCUT2D eigenvalue weighted by Gasteiger charge is -2.16. The first kappa shape index (κ1) is 20.8. The van der Waals surface area contributed by atoms with Crippen molar-refractivity contribution in [1.29, 1.82) is 0 Å². The third-order valence-corrected chi connectivity index (χ3v) is 6.41. The molecule has 1 fully saturated rings. The Morgan fingerprint density at radius 1 is 1.10 bits per heavy atom. The van der Waals surface area contributed by atoms with Crippen molar-refractivity contribution in [3.05, 3.63) is 53.1 Å². The van der Waals surface area contributed by atoms with Gasteiger partial charge in [-0.2, -0.15) is 0 Å². The molecule has 10 heteroatoms. The van der Waals surface area contributed by atoms with Crippen LogP contribution in [0.15, 0.2) is 42.5 Å². The van der Waals surface area contributed by atoms with E-state index >= 15 is 0 Å². The molecule has 2 aromatic carbocycles. The zero-order valence-electron chi connectivity index (χ0n) is 15.6. The molecule has 29 heavy (non-hydrogen) atoms. The highest BCUT2D eigenvalue weighted by atomic mass is 35.5. The number of carbonyl (C=O) groups is 3. The van der Waals surface area contributed by atoms with E-state index in [1.165, 1.54) is 25.1 Å². The number of hydrogen-bond donors (Lipinski definition) is 2. The summed E-state index contributed by atoms with van der Waals surface area (Å²) in [7, 11) is -3.76. The van der Waals surface area contributed by atoms with Crippen LogP contribution in [0.5, 0.6) is 0 Å². The van der Waals surface area contributed by atoms with Gasteiger partial charge in [0, 0.05) is 18.3 Å². The second-order valence-corrected chi connectivity index (χ2v) is 8.93. The van der Waals surface area contributed by atoms with E-state index in [0.29, 0.717) is 11.4 Å². The molecule has 0 bridgehead atoms. The van der Waals surface area contributed by atoms with E-state index in [4.69, 9.17) is 11.6 Å². The summed E-state index contributed by atoms with van der Waals surface area (Å²) in [5, 5.41) is 5.27. The van der Waals surface area contributed by atoms with Crippen molar-refractivity contribution in [3.63, 3.8) is 0 Å². The van der Waals surface area contributed by atoms with E-state index in [1.54, 1.807) is 31.2 Å². The van der Waals surface area contributed by atoms with E-state index in [0.717, 1.165) is 4.31 Å². The Morgan fingerprint density at radius 3 is 2.31 bits per heavy atom. The molecule has 8 nitrogen and oxygen atoms in total. The number of rotatable bonds is 4. The lowest BCUT2D eigenvalue weighted by molar-refractivity contribution is -0.119. The molecular formula is C19H18ClN3O5S. The number of nitrogens with one attached hydrogen (secondary N) is 2. The van der Waals surface area contributed by atoms with Crippen molar-refractivity contribution < 1.29 is 22.8 Å². The highest BCUT2D eigenvalue weighted by Gasteiger charge is 2.42. The average molecular weight is 436 g/mol. The number of benzene rings is 2. The Balaban J connectivity index is 1.83. The number of halogens is 1. The number of nitrogens with zero attached hydrogens (tertiary/aromatic N) is 1. The standard InChI is InChI=1S/C19H18ClN3O5S/c1-11-10-29(27,28)23(19(11)26)15-6-7-16(17(20)9-15)18(25)22-14-5-3-4-13(8-14)21-12(2)24/h3-9,11H,10H2,1-2H3,(H,21,24)(H,22,25)/t11-/m0/s1. The van der Waals surface area contributed by atoms with Crippen molar-refractivity contribution in [2.45, 2.75) is 13.8 Å². The second kappa shape index (κ2) is 7.84. The largest absolute Gasteiger partial charge is 0.326 e. The van der Waals surface area contributed by atoms with Gasteiger partial charge in [-0.25, -0.2) is 12.7 Å². The topological polar surface area (TPSA) is 113 Å². The van der Waals surface area contributed by atoms with Gasteiger partial charge in [0.15, 0.2) is 0 Å². The normalized spacial score (nSPS) is 17.8. The van der Waals surface area contributed by atoms with E-state index in [-0.39, 0.29) is 27.9 Å². The minimum absolute atomic E-state index is 0.000527. The van der Waals surface area contributed by atoms with Gasteiger partial charge in [0.05, 0.1) is 27.9 Å². The second-order valence-electron chi connectivity index (χ2n) is 6.66. The molecule has 152 valence electrons. The van der Waals surface area contributed by atoms with E-state index in [9.17, 15) is 22.8 Å². The van der Waals surface area contributed by atoms with Crippen LogP contribution in [0, 0.1) is 5.92 Å². The molecule has 3 amide bonds. The first-order valence-electron chi connectivity index (χ1n) is 8.64. The van der Waals surface area contributed by atoms with Crippen LogP contribution in [0.4, 0.5) is 17.1 Å². The summed E-state index contributed by atoms with van der Waals surface area (Å²) < 4.78 is 25.2. The summed E-state index contributed by atoms with van der Waals surface area (Å²) in [6.45, 7) is 2.91. The highest BCUT2D eigenvalue weighted by Crippen LogP contribution is 2.31. The van der Waals surface area contributed by atoms with E-state index < -0.39 is 27.8 Å². The van der Waals surface area contributed by atoms with Gasteiger partial charge in [-0.3, -0.25) is 14.4 Å². The quantitative estimate of drug-likeness (QED) is 0.766. The maximum Gasteiger partial charge on any atom is 0.257 e. The van der Waals surface area contributed by atoms with Gasteiger partial charge in [0.1, 0.15) is 0 Å². The molecule has 0 spiro atoms. The van der Waals surface area contributed by atoms with Crippen LogP contribution in [-0.2, 0) is 19.6 Å². The molecule has 1 heterocycles. The van der Waals surface area contributed by atoms with Gasteiger partial charge in [0.2, 0.25) is 21.8 Å². The smallest absolute Gasteiger partial charge is 0.257 e. The SMILES string of the molecule is CC(=O)Nc1cccc(NC(=O)c2ccc(N3C(=O)[C@@H](C)CS3(=O)=O)cc2Cl)c1. The molecule has 3 rings (SSSR count). The molecule has 1 aliphatic rings. The van der Waals surface area contributed by atoms with Crippen molar-refractivity contribution in [3.8, 4) is 0 Å². The van der Waals surface area contributed by atoms with Gasteiger partial charge < -0.3 is 10.6 Å². The molecule has 0 aromatic heterocycles. The van der Waals surface area contributed by atoms with Crippen molar-refractivity contribution >= 4 is 56.4 Å². The Kier molecular flexibility index (Phi) is 5.63. The van der Waals surface area contributed by atoms with E-state index in [2.05, 4.69) is 10.6 Å². The average Bonchev–Trinajstić information content (AvgIpc) is 2.81. The molecule has 2 N–H and O–H groups in total. The fourth-order valence-corrected chi connectivity index (χ4v) is 5.05. The summed E-state index contributed by atoms with van der Waals surface area (Å²) in [5.41, 5.74) is 1.15. The summed E-state index contributed by atoms with van der Waals surface area (Å²) >= 11 is 6.20. The first-order chi connectivity index (χ1) is 13.6. The zero-order valence-corrected chi connectivity index (χ0v) is 17.2. The van der Waals surface area contributed by atoms with Gasteiger partial charge in [0.25, 0.3) is 5.91 Å². The Bertz CT molecular complexity index is 1120. The number of hydrogen-bond acceptors (Lipinski definition) is 5. The summed E-state index contributed by atoms with van der Waals surface area (Å²) in [4.78, 5) is 35.9. The molecular weight excluding hydrogens is 418 g/mol. The highest BCUT2D eigenvalue weighted by molar-refractivity contribution is 7.94. The maximum absolute atomic E-state index is 12.6. The summed E-state index contributed by atoms with van der Waals surface area (Å²) in [5.74, 6) is -2.21. The maximum atomic E-state index is 12.6. The summed E-state index contributed by atoms with van der Waals surface area (Å²) in [6, 6.07) is 10.6. The molecule has 2 aromatic rings. The molecule has 1 aliphatic heterocycles. The van der Waals surface area contributed by atoms with Crippen molar-refractivity contribution in [2.75, 3.05) is 20.7 Å². The predicted molar refractivity (Wildman–Crippen MR) is 111 cm³/mol. The van der Waals surface area contributed by atoms with Crippen LogP contribution in [0.25, 0.3) is 0 Å². The van der Waals surface area contributed by atoms with Crippen molar-refractivity contribution in [1.82, 2.24) is 0 Å². The van der Waals surface area contributed by atoms with Crippen LogP contribution in [0.3, 0.4) is 0 Å².